The standard InChI is InChI=1S/C13H12N4O2.C7H8N2O3.C7H10N2O.C7H9NO2.C6H7N3O3.C6H9N3O.C6H8N2O2.2ClH/c1-9-7-12(16(2)8-9)13(18)19-17-11-6-4-3-5-10(11)14-15-17;1-5(10)7-3-6(9(11)12)4-8(7)2;1-5(10)7-3-6(8)4-9(7)2;1-5-3-6(7(9)10)8(2)4-5;1-4(10)6-7-5(9(11)12)3-8(6)2;1-4(10)6-8-5(7)3-9(6)2;1-4-3-8(2)5(7-4)6(9)10;;/h3-8H,1-2H3;3-4H,1-2H3;3-4H,8H2,1-2H3;3-4H,1-2H3,(H,9,10);3H,1-2H3;3H,7H2,1-2H3;3H,1-2H3,(H,9,10);2*1H. The number of nitrogens with one attached hydrogen (secondary N) is 1. The molecule has 0 saturated heterocycles. The van der Waals surface area contributed by atoms with Crippen LogP contribution in [0.15, 0.2) is 91.9 Å². The van der Waals surface area contributed by atoms with Crippen LogP contribution < -0.4 is 45.7 Å². The molecule has 0 spiro atoms. The van der Waals surface area contributed by atoms with Gasteiger partial charge in [-0.25, -0.2) is 28.9 Å². The Morgan fingerprint density at radius 2 is 1.15 bits per heavy atom. The summed E-state index contributed by atoms with van der Waals surface area (Å²) in [7, 11) is 11.9. The second-order valence-electron chi connectivity index (χ2n) is 18.3. The number of carbonyl (C=O) groups excluding carboxylic acids is 5. The van der Waals surface area contributed by atoms with Crippen LogP contribution in [0.4, 0.5) is 23.0 Å². The molecular weight excluding hydrogens is 1160 g/mol. The average Bonchev–Trinajstić information content (AvgIpc) is 4.29. The number of hydrogen-bond donors (Lipinski definition) is 5. The molecule has 85 heavy (non-hydrogen) atoms. The third-order valence-corrected chi connectivity index (χ3v) is 11.0. The summed E-state index contributed by atoms with van der Waals surface area (Å²) in [5.41, 5.74) is 15.8. The maximum absolute atomic E-state index is 12.1. The summed E-state index contributed by atoms with van der Waals surface area (Å²) in [4.78, 5) is 112. The fourth-order valence-electron chi connectivity index (χ4n) is 7.44. The first kappa shape index (κ1) is 72.6. The fourth-order valence-corrected chi connectivity index (χ4v) is 7.44. The number of rotatable bonds is 10. The molecule has 0 saturated carbocycles. The number of quaternary nitrogens is 1. The highest BCUT2D eigenvalue weighted by Crippen LogP contribution is 2.16. The van der Waals surface area contributed by atoms with Crippen LogP contribution in [0, 0.1) is 41.0 Å². The van der Waals surface area contributed by atoms with Crippen molar-refractivity contribution in [2.75, 3.05) is 5.73 Å². The minimum Gasteiger partial charge on any atom is -1.00 e. The van der Waals surface area contributed by atoms with Gasteiger partial charge in [-0.05, 0) is 71.3 Å². The van der Waals surface area contributed by atoms with E-state index in [0.717, 1.165) is 27.4 Å². The highest BCUT2D eigenvalue weighted by Gasteiger charge is 2.20. The second kappa shape index (κ2) is 32.3. The number of aromatic amines is 1. The number of nitrogens with two attached hydrogens (primary N) is 1. The zero-order valence-corrected chi connectivity index (χ0v) is 50.3. The van der Waals surface area contributed by atoms with E-state index in [4.69, 9.17) is 20.8 Å². The van der Waals surface area contributed by atoms with E-state index in [0.29, 0.717) is 45.5 Å². The number of benzene rings is 1. The Bertz CT molecular complexity index is 3560. The number of nitrogens with zero attached hydrogens (tertiary/aromatic N) is 14. The predicted octanol–water partition coefficient (Wildman–Crippen LogP) is -1.79. The first-order valence-electron chi connectivity index (χ1n) is 24.2. The van der Waals surface area contributed by atoms with Crippen LogP contribution in [0.2, 0.25) is 0 Å². The van der Waals surface area contributed by atoms with Crippen molar-refractivity contribution in [1.29, 1.82) is 0 Å². The number of carboxylic acids is 2. The number of carboxylic acid groups (broad SMARTS) is 2. The number of hydrogen-bond acceptors (Lipinski definition) is 17. The number of nitro groups is 2. The van der Waals surface area contributed by atoms with E-state index in [1.807, 2.05) is 45.4 Å². The lowest BCUT2D eigenvalue weighted by molar-refractivity contribution is -0.671. The van der Waals surface area contributed by atoms with Gasteiger partial charge in [-0.3, -0.25) is 29.3 Å². The third kappa shape index (κ3) is 21.1. The predicted molar refractivity (Wildman–Crippen MR) is 297 cm³/mol. The lowest BCUT2D eigenvalue weighted by atomic mass is 10.3. The number of imidazole rings is 3. The number of para-hydroxylation sites is 1. The zero-order chi connectivity index (χ0) is 62.9. The van der Waals surface area contributed by atoms with Crippen LogP contribution in [0.1, 0.15) is 118 Å². The summed E-state index contributed by atoms with van der Waals surface area (Å²) >= 11 is 0. The number of aromatic carboxylic acids is 2. The summed E-state index contributed by atoms with van der Waals surface area (Å²) in [5, 5.41) is 45.3. The molecule has 8 N–H and O–H groups in total. The molecule has 1 aromatic carbocycles. The smallest absolute Gasteiger partial charge is 0.382 e. The van der Waals surface area contributed by atoms with Crippen LogP contribution in [-0.2, 0) is 49.3 Å². The quantitative estimate of drug-likeness (QED) is 0.0332. The van der Waals surface area contributed by atoms with E-state index in [2.05, 4.69) is 31.0 Å². The number of nitrogen functional groups attached to an aromatic ring is 1. The molecule has 0 amide bonds. The molecule has 0 aliphatic rings. The second-order valence-corrected chi connectivity index (χ2v) is 18.3. The number of carbonyl (C=O) groups is 7. The summed E-state index contributed by atoms with van der Waals surface area (Å²) in [6.07, 6.45) is 11.3. The maximum atomic E-state index is 12.1. The van der Waals surface area contributed by atoms with Gasteiger partial charge < -0.3 is 88.8 Å². The number of H-pyrrole nitrogens is 1. The van der Waals surface area contributed by atoms with Crippen molar-refractivity contribution in [3.63, 3.8) is 0 Å². The van der Waals surface area contributed by atoms with Gasteiger partial charge >= 0.3 is 29.6 Å². The molecule has 0 bridgehead atoms. The van der Waals surface area contributed by atoms with E-state index >= 15 is 0 Å². The molecule has 0 fully saturated rings. The Balaban J connectivity index is 0.000000502. The van der Waals surface area contributed by atoms with Crippen molar-refractivity contribution in [3.8, 4) is 0 Å². The molecular formula is C52H65Cl2N17O14. The van der Waals surface area contributed by atoms with Gasteiger partial charge in [0.15, 0.2) is 17.8 Å². The Kier molecular flexibility index (Phi) is 27.6. The minimum absolute atomic E-state index is 0. The van der Waals surface area contributed by atoms with Gasteiger partial charge in [0.25, 0.3) is 11.5 Å². The van der Waals surface area contributed by atoms with Crippen molar-refractivity contribution in [2.24, 2.45) is 49.3 Å². The highest BCUT2D eigenvalue weighted by atomic mass is 35.5. The lowest BCUT2D eigenvalue weighted by Gasteiger charge is -2.03. The van der Waals surface area contributed by atoms with Crippen LogP contribution in [0.3, 0.4) is 0 Å². The Morgan fingerprint density at radius 3 is 1.47 bits per heavy atom. The zero-order valence-electron chi connectivity index (χ0n) is 48.8. The molecule has 31 nitrogen and oxygen atoms in total. The minimum atomic E-state index is -0.990. The average molecular weight is 1220 g/mol. The Morgan fingerprint density at radius 1 is 0.635 bits per heavy atom. The molecule has 456 valence electrons. The van der Waals surface area contributed by atoms with E-state index in [-0.39, 0.29) is 71.1 Å². The molecule has 9 rings (SSSR count). The topological polar surface area (TPSA) is 415 Å². The van der Waals surface area contributed by atoms with Crippen molar-refractivity contribution >= 4 is 75.1 Å². The van der Waals surface area contributed by atoms with Gasteiger partial charge in [0.2, 0.25) is 23.2 Å². The van der Waals surface area contributed by atoms with Crippen LogP contribution >= 0.6 is 0 Å². The normalized spacial score (nSPS) is 9.82. The van der Waals surface area contributed by atoms with Crippen molar-refractivity contribution in [2.45, 2.75) is 48.5 Å². The fraction of sp³-hybridized carbons (Fsp3) is 0.269. The number of anilines is 1. The summed E-state index contributed by atoms with van der Waals surface area (Å²) in [5.74, 6) is -1.82. The molecule has 8 heterocycles. The molecule has 0 unspecified atom stereocenters. The van der Waals surface area contributed by atoms with Gasteiger partial charge in [-0.1, -0.05) is 17.0 Å². The van der Waals surface area contributed by atoms with Crippen LogP contribution in [-0.4, -0.2) is 119 Å². The molecule has 9 aromatic rings. The molecule has 0 aliphatic carbocycles. The largest absolute Gasteiger partial charge is 1.00 e. The van der Waals surface area contributed by atoms with Crippen LogP contribution in [0.5, 0.6) is 0 Å². The number of aromatic nitrogens is 13. The first-order chi connectivity index (χ1) is 38.6. The summed E-state index contributed by atoms with van der Waals surface area (Å²) in [6.45, 7) is 11.3. The summed E-state index contributed by atoms with van der Waals surface area (Å²) < 4.78 is 11.0. The van der Waals surface area contributed by atoms with E-state index in [9.17, 15) is 53.8 Å². The number of ketones is 4. The Hall–Kier alpha value is -10.4. The first-order valence-corrected chi connectivity index (χ1v) is 24.2. The number of halogens is 2. The monoisotopic (exact) mass is 1220 g/mol. The number of fused-ring (bicyclic) bond motifs is 1. The number of aryl methyl sites for hydroxylation is 10. The highest BCUT2D eigenvalue weighted by molar-refractivity contribution is 5.94. The SMILES string of the molecule is CC(=O)c1[nH]c(N)c[n+]1C.CC(=O)c1cc([N+](=O)[O-])cn1C.CC(=O)c1cc([NH3+])cn1C.CC(=O)c1nc([N+](=O)[O-])cn1C.Cc1cc(C(=O)O)n(C)c1.Cc1cc(C(=O)On2nnc3ccccc32)n(C)c1.Cc1cn(C)c(C(=O)O)n1.[Cl-].[Cl-]. The number of Topliss-reactive ketones (excluding diaryl/α,β-unsaturated/α-hetero) is 4. The summed E-state index contributed by atoms with van der Waals surface area (Å²) in [6, 6.07) is 13.7. The third-order valence-electron chi connectivity index (χ3n) is 11.0. The van der Waals surface area contributed by atoms with E-state index in [1.54, 1.807) is 116 Å². The van der Waals surface area contributed by atoms with Gasteiger partial charge in [0.05, 0.1) is 41.4 Å². The van der Waals surface area contributed by atoms with Gasteiger partial charge in [-0.2, -0.15) is 0 Å². The van der Waals surface area contributed by atoms with Crippen molar-refractivity contribution in [1.82, 2.24) is 57.5 Å². The van der Waals surface area contributed by atoms with Crippen molar-refractivity contribution < 1.29 is 93.6 Å². The van der Waals surface area contributed by atoms with Gasteiger partial charge in [-0.15, -0.1) is 5.10 Å². The molecule has 8 aromatic heterocycles. The van der Waals surface area contributed by atoms with Gasteiger partial charge in [0.1, 0.15) is 34.3 Å². The van der Waals surface area contributed by atoms with Crippen LogP contribution in [0.25, 0.3) is 11.0 Å². The lowest BCUT2D eigenvalue weighted by Crippen LogP contribution is -3.00. The maximum Gasteiger partial charge on any atom is 0.382 e. The van der Waals surface area contributed by atoms with E-state index in [1.165, 1.54) is 60.0 Å². The van der Waals surface area contributed by atoms with E-state index < -0.39 is 27.8 Å². The molecule has 0 radical (unpaired) electrons. The Labute approximate surface area is 497 Å². The van der Waals surface area contributed by atoms with Gasteiger partial charge in [0, 0.05) is 101 Å². The molecule has 0 atom stereocenters. The molecule has 33 heteroatoms. The molecule has 0 aliphatic heterocycles. The van der Waals surface area contributed by atoms with Crippen molar-refractivity contribution in [3.05, 3.63) is 169 Å².